The van der Waals surface area contributed by atoms with Gasteiger partial charge in [-0.25, -0.2) is 0 Å². The zero-order valence-electron chi connectivity index (χ0n) is 8.10. The van der Waals surface area contributed by atoms with E-state index in [-0.39, 0.29) is 0 Å². The number of methoxy groups -OCH3 is 1. The average molecular weight is 194 g/mol. The Hall–Kier alpha value is -1.06. The van der Waals surface area contributed by atoms with Crippen LogP contribution in [0.3, 0.4) is 0 Å². The van der Waals surface area contributed by atoms with Crippen LogP contribution in [0.2, 0.25) is 0 Å². The van der Waals surface area contributed by atoms with Crippen LogP contribution in [0.4, 0.5) is 0 Å². The Labute approximate surface area is 83.0 Å². The summed E-state index contributed by atoms with van der Waals surface area (Å²) in [6, 6.07) is 5.75. The molecule has 0 fully saturated rings. The quantitative estimate of drug-likeness (QED) is 0.685. The Morgan fingerprint density at radius 1 is 1.21 bits per heavy atom. The molecule has 0 spiro atoms. The highest BCUT2D eigenvalue weighted by molar-refractivity contribution is 5.42. The molecule has 0 saturated carbocycles. The van der Waals surface area contributed by atoms with Gasteiger partial charge in [0.05, 0.1) is 19.3 Å². The number of aliphatic hydroxyl groups is 2. The van der Waals surface area contributed by atoms with Gasteiger partial charge in [-0.1, -0.05) is 12.1 Å². The zero-order valence-corrected chi connectivity index (χ0v) is 8.10. The third-order valence-electron chi connectivity index (χ3n) is 2.74. The lowest BCUT2D eigenvalue weighted by Gasteiger charge is -2.26. The highest BCUT2D eigenvalue weighted by Gasteiger charge is 2.26. The summed E-state index contributed by atoms with van der Waals surface area (Å²) in [6.07, 6.45) is -0.331. The molecule has 3 nitrogen and oxygen atoms in total. The molecule has 0 heterocycles. The molecule has 3 heteroatoms. The summed E-state index contributed by atoms with van der Waals surface area (Å²) in [4.78, 5) is 0. The van der Waals surface area contributed by atoms with E-state index in [1.54, 1.807) is 7.11 Å². The molecule has 0 aromatic heterocycles. The molecule has 14 heavy (non-hydrogen) atoms. The van der Waals surface area contributed by atoms with Crippen molar-refractivity contribution in [3.63, 3.8) is 0 Å². The molecule has 76 valence electrons. The van der Waals surface area contributed by atoms with Crippen LogP contribution in [-0.4, -0.2) is 29.5 Å². The van der Waals surface area contributed by atoms with Crippen molar-refractivity contribution >= 4 is 0 Å². The Morgan fingerprint density at radius 2 is 1.93 bits per heavy atom. The van der Waals surface area contributed by atoms with Crippen molar-refractivity contribution in [1.82, 2.24) is 0 Å². The monoisotopic (exact) mass is 194 g/mol. The minimum absolute atomic E-state index is 0.473. The van der Waals surface area contributed by atoms with Crippen LogP contribution in [0.1, 0.15) is 11.1 Å². The second-order valence-corrected chi connectivity index (χ2v) is 3.64. The minimum atomic E-state index is -0.668. The van der Waals surface area contributed by atoms with E-state index in [0.717, 1.165) is 16.9 Å². The number of benzene rings is 1. The van der Waals surface area contributed by atoms with E-state index in [1.807, 2.05) is 18.2 Å². The van der Waals surface area contributed by atoms with Crippen LogP contribution in [0, 0.1) is 0 Å². The molecule has 0 aliphatic heterocycles. The van der Waals surface area contributed by atoms with Crippen LogP contribution in [0.25, 0.3) is 0 Å². The van der Waals surface area contributed by atoms with Gasteiger partial charge in [0, 0.05) is 18.4 Å². The first-order chi connectivity index (χ1) is 6.72. The van der Waals surface area contributed by atoms with Crippen LogP contribution in [0.5, 0.6) is 5.75 Å². The van der Waals surface area contributed by atoms with Gasteiger partial charge in [0.15, 0.2) is 0 Å². The first-order valence-electron chi connectivity index (χ1n) is 4.73. The van der Waals surface area contributed by atoms with Gasteiger partial charge in [-0.3, -0.25) is 0 Å². The minimum Gasteiger partial charge on any atom is -0.496 e. The normalized spacial score (nSPS) is 25.6. The largest absolute Gasteiger partial charge is 0.496 e. The Balaban J connectivity index is 2.41. The third kappa shape index (κ3) is 1.49. The van der Waals surface area contributed by atoms with Crippen molar-refractivity contribution in [3.8, 4) is 5.75 Å². The molecular formula is C11H14O3. The summed E-state index contributed by atoms with van der Waals surface area (Å²) in [6.45, 7) is 0. The molecule has 0 unspecified atom stereocenters. The summed E-state index contributed by atoms with van der Waals surface area (Å²) >= 11 is 0. The number of rotatable bonds is 1. The van der Waals surface area contributed by atoms with Crippen molar-refractivity contribution < 1.29 is 14.9 Å². The van der Waals surface area contributed by atoms with Gasteiger partial charge in [-0.15, -0.1) is 0 Å². The van der Waals surface area contributed by atoms with Gasteiger partial charge >= 0.3 is 0 Å². The van der Waals surface area contributed by atoms with E-state index < -0.39 is 12.2 Å². The SMILES string of the molecule is COc1cccc2c1C[C@@H](O)[C@@H](O)C2. The molecule has 1 aliphatic rings. The van der Waals surface area contributed by atoms with Crippen molar-refractivity contribution in [2.24, 2.45) is 0 Å². The number of fused-ring (bicyclic) bond motifs is 1. The fraction of sp³-hybridized carbons (Fsp3) is 0.455. The van der Waals surface area contributed by atoms with E-state index in [9.17, 15) is 10.2 Å². The smallest absolute Gasteiger partial charge is 0.122 e. The fourth-order valence-electron chi connectivity index (χ4n) is 1.93. The van der Waals surface area contributed by atoms with Crippen molar-refractivity contribution in [2.75, 3.05) is 7.11 Å². The molecule has 2 rings (SSSR count). The molecule has 0 radical (unpaired) electrons. The molecule has 2 atom stereocenters. The molecule has 0 saturated heterocycles. The summed E-state index contributed by atoms with van der Waals surface area (Å²) in [5.74, 6) is 0.799. The van der Waals surface area contributed by atoms with E-state index in [1.165, 1.54) is 0 Å². The van der Waals surface area contributed by atoms with Gasteiger partial charge < -0.3 is 14.9 Å². The Morgan fingerprint density at radius 3 is 2.64 bits per heavy atom. The predicted molar refractivity (Wildman–Crippen MR) is 52.4 cm³/mol. The summed E-state index contributed by atoms with van der Waals surface area (Å²) in [5, 5.41) is 19.0. The summed E-state index contributed by atoms with van der Waals surface area (Å²) < 4.78 is 5.20. The highest BCUT2D eigenvalue weighted by Crippen LogP contribution is 2.29. The van der Waals surface area contributed by atoms with Gasteiger partial charge in [-0.05, 0) is 11.6 Å². The molecule has 0 amide bonds. The van der Waals surface area contributed by atoms with Crippen molar-refractivity contribution in [3.05, 3.63) is 29.3 Å². The maximum absolute atomic E-state index is 9.54. The third-order valence-corrected chi connectivity index (χ3v) is 2.74. The topological polar surface area (TPSA) is 49.7 Å². The second-order valence-electron chi connectivity index (χ2n) is 3.64. The Kier molecular flexibility index (Phi) is 2.44. The van der Waals surface area contributed by atoms with Crippen molar-refractivity contribution in [1.29, 1.82) is 0 Å². The van der Waals surface area contributed by atoms with Crippen LogP contribution < -0.4 is 4.74 Å². The lowest BCUT2D eigenvalue weighted by atomic mass is 9.87. The number of ether oxygens (including phenoxy) is 1. The molecule has 0 bridgehead atoms. The van der Waals surface area contributed by atoms with E-state index in [2.05, 4.69) is 0 Å². The highest BCUT2D eigenvalue weighted by atomic mass is 16.5. The van der Waals surface area contributed by atoms with Gasteiger partial charge in [0.1, 0.15) is 5.75 Å². The molecular weight excluding hydrogens is 180 g/mol. The van der Waals surface area contributed by atoms with E-state index in [4.69, 9.17) is 4.74 Å². The van der Waals surface area contributed by atoms with Gasteiger partial charge in [0.25, 0.3) is 0 Å². The van der Waals surface area contributed by atoms with Gasteiger partial charge in [-0.2, -0.15) is 0 Å². The van der Waals surface area contributed by atoms with Crippen molar-refractivity contribution in [2.45, 2.75) is 25.0 Å². The van der Waals surface area contributed by atoms with Crippen LogP contribution >= 0.6 is 0 Å². The summed E-state index contributed by atoms with van der Waals surface area (Å²) in [5.41, 5.74) is 2.09. The molecule has 1 aromatic rings. The first kappa shape index (κ1) is 9.49. The Bertz CT molecular complexity index is 335. The lowest BCUT2D eigenvalue weighted by Crippen LogP contribution is -2.34. The molecule has 1 aliphatic carbocycles. The standard InChI is InChI=1S/C11H14O3/c1-14-11-4-2-3-7-5-9(12)10(13)6-8(7)11/h2-4,9-10,12-13H,5-6H2,1H3/t9-,10+/m0/s1. The zero-order chi connectivity index (χ0) is 10.1. The van der Waals surface area contributed by atoms with E-state index >= 15 is 0 Å². The predicted octanol–water partition coefficient (Wildman–Crippen LogP) is 0.516. The van der Waals surface area contributed by atoms with Crippen LogP contribution in [0.15, 0.2) is 18.2 Å². The average Bonchev–Trinajstić information content (AvgIpc) is 2.19. The summed E-state index contributed by atoms with van der Waals surface area (Å²) in [7, 11) is 1.62. The number of hydrogen-bond acceptors (Lipinski definition) is 3. The maximum atomic E-state index is 9.54. The molecule has 1 aromatic carbocycles. The van der Waals surface area contributed by atoms with Gasteiger partial charge in [0.2, 0.25) is 0 Å². The first-order valence-corrected chi connectivity index (χ1v) is 4.73. The molecule has 2 N–H and O–H groups in total. The van der Waals surface area contributed by atoms with E-state index in [0.29, 0.717) is 12.8 Å². The number of hydrogen-bond donors (Lipinski definition) is 2. The lowest BCUT2D eigenvalue weighted by molar-refractivity contribution is 0.0137. The maximum Gasteiger partial charge on any atom is 0.122 e. The van der Waals surface area contributed by atoms with Crippen LogP contribution in [-0.2, 0) is 12.8 Å². The number of aliphatic hydroxyl groups excluding tert-OH is 2. The second kappa shape index (κ2) is 3.59. The fourth-order valence-corrected chi connectivity index (χ4v) is 1.93.